The summed E-state index contributed by atoms with van der Waals surface area (Å²) in [4.78, 5) is 48.8. The molecule has 1 amide bonds. The monoisotopic (exact) mass is 385 g/mol. The van der Waals surface area contributed by atoms with Crippen LogP contribution in [0.3, 0.4) is 0 Å². The standard InChI is InChI=1S/C17H23NO7S/c1-9-7-26-14-11(6-23-10(2)19)13(20)18(14)12(9)15(21)24-8-25-16(22)17(3,4)5/h11,14H,6-8H2,1-5H3/t11-,14+/m0/s1. The summed E-state index contributed by atoms with van der Waals surface area (Å²) in [6, 6.07) is 0. The van der Waals surface area contributed by atoms with Crippen LogP contribution in [-0.4, -0.2) is 53.2 Å². The first-order valence-corrected chi connectivity index (χ1v) is 9.21. The third-order valence-electron chi connectivity index (χ3n) is 3.92. The lowest BCUT2D eigenvalue weighted by Gasteiger charge is -2.49. The van der Waals surface area contributed by atoms with E-state index >= 15 is 0 Å². The van der Waals surface area contributed by atoms with Crippen LogP contribution in [0.4, 0.5) is 0 Å². The molecule has 0 saturated carbocycles. The van der Waals surface area contributed by atoms with E-state index in [2.05, 4.69) is 0 Å². The molecule has 0 N–H and O–H groups in total. The fourth-order valence-electron chi connectivity index (χ4n) is 2.49. The molecule has 2 aliphatic heterocycles. The molecule has 144 valence electrons. The van der Waals surface area contributed by atoms with Gasteiger partial charge in [-0.2, -0.15) is 0 Å². The van der Waals surface area contributed by atoms with Gasteiger partial charge < -0.3 is 14.2 Å². The summed E-state index contributed by atoms with van der Waals surface area (Å²) in [5.74, 6) is -1.87. The molecule has 2 atom stereocenters. The summed E-state index contributed by atoms with van der Waals surface area (Å²) in [7, 11) is 0. The third-order valence-corrected chi connectivity index (χ3v) is 5.40. The van der Waals surface area contributed by atoms with Crippen LogP contribution in [0, 0.1) is 11.3 Å². The average molecular weight is 385 g/mol. The molecule has 0 radical (unpaired) electrons. The minimum Gasteiger partial charge on any atom is -0.465 e. The zero-order valence-electron chi connectivity index (χ0n) is 15.5. The van der Waals surface area contributed by atoms with E-state index in [0.717, 1.165) is 0 Å². The highest BCUT2D eigenvalue weighted by Gasteiger charge is 2.53. The number of thioether (sulfide) groups is 1. The lowest BCUT2D eigenvalue weighted by Crippen LogP contribution is -2.62. The van der Waals surface area contributed by atoms with Gasteiger partial charge in [0.1, 0.15) is 18.2 Å². The van der Waals surface area contributed by atoms with Crippen LogP contribution in [0.2, 0.25) is 0 Å². The zero-order valence-corrected chi connectivity index (χ0v) is 16.3. The van der Waals surface area contributed by atoms with Crippen LogP contribution in [-0.2, 0) is 33.4 Å². The summed E-state index contributed by atoms with van der Waals surface area (Å²) >= 11 is 1.50. The van der Waals surface area contributed by atoms with Crippen molar-refractivity contribution in [2.75, 3.05) is 19.2 Å². The van der Waals surface area contributed by atoms with Crippen molar-refractivity contribution in [2.24, 2.45) is 11.3 Å². The number of hydrogen-bond donors (Lipinski definition) is 0. The lowest BCUT2D eigenvalue weighted by atomic mass is 9.96. The first-order valence-electron chi connectivity index (χ1n) is 8.16. The molecular formula is C17H23NO7S. The van der Waals surface area contributed by atoms with Crippen molar-refractivity contribution in [1.82, 2.24) is 4.90 Å². The number of hydrogen-bond acceptors (Lipinski definition) is 8. The molecule has 0 aromatic carbocycles. The second-order valence-corrected chi connectivity index (χ2v) is 8.28. The number of fused-ring (bicyclic) bond motifs is 1. The summed E-state index contributed by atoms with van der Waals surface area (Å²) in [6.45, 7) is 7.57. The maximum absolute atomic E-state index is 12.4. The van der Waals surface area contributed by atoms with E-state index in [-0.39, 0.29) is 23.6 Å². The maximum Gasteiger partial charge on any atom is 0.357 e. The van der Waals surface area contributed by atoms with Crippen LogP contribution in [0.1, 0.15) is 34.6 Å². The van der Waals surface area contributed by atoms with Crippen molar-refractivity contribution in [3.05, 3.63) is 11.3 Å². The Morgan fingerprint density at radius 2 is 1.85 bits per heavy atom. The van der Waals surface area contributed by atoms with Gasteiger partial charge in [0, 0.05) is 12.7 Å². The Morgan fingerprint density at radius 1 is 1.19 bits per heavy atom. The van der Waals surface area contributed by atoms with Crippen molar-refractivity contribution in [3.63, 3.8) is 0 Å². The second-order valence-electron chi connectivity index (χ2n) is 7.18. The van der Waals surface area contributed by atoms with Gasteiger partial charge in [0.15, 0.2) is 0 Å². The van der Waals surface area contributed by atoms with Gasteiger partial charge in [-0.25, -0.2) is 4.79 Å². The molecular weight excluding hydrogens is 362 g/mol. The summed E-state index contributed by atoms with van der Waals surface area (Å²) in [6.07, 6.45) is 0. The largest absolute Gasteiger partial charge is 0.465 e. The van der Waals surface area contributed by atoms with E-state index in [0.29, 0.717) is 11.3 Å². The Hall–Kier alpha value is -2.03. The second kappa shape index (κ2) is 7.69. The van der Waals surface area contributed by atoms with Crippen LogP contribution in [0.15, 0.2) is 11.3 Å². The maximum atomic E-state index is 12.4. The van der Waals surface area contributed by atoms with Gasteiger partial charge in [0.25, 0.3) is 0 Å². The van der Waals surface area contributed by atoms with Crippen molar-refractivity contribution >= 4 is 35.6 Å². The number of ether oxygens (including phenoxy) is 3. The SMILES string of the molecule is CC(=O)OC[C@H]1C(=O)N2C(C(=O)OCOC(=O)C(C)(C)C)=C(C)CS[C@H]12. The van der Waals surface area contributed by atoms with Crippen molar-refractivity contribution < 1.29 is 33.4 Å². The number of nitrogens with zero attached hydrogens (tertiary/aromatic N) is 1. The molecule has 0 aliphatic carbocycles. The van der Waals surface area contributed by atoms with Crippen LogP contribution < -0.4 is 0 Å². The number of carbonyl (C=O) groups excluding carboxylic acids is 4. The molecule has 2 rings (SSSR count). The Kier molecular flexibility index (Phi) is 6.00. The highest BCUT2D eigenvalue weighted by molar-refractivity contribution is 8.00. The van der Waals surface area contributed by atoms with Gasteiger partial charge in [0.05, 0.1) is 10.8 Å². The van der Waals surface area contributed by atoms with E-state index in [1.165, 1.54) is 23.6 Å². The van der Waals surface area contributed by atoms with Crippen LogP contribution in [0.25, 0.3) is 0 Å². The quantitative estimate of drug-likeness (QED) is 0.398. The van der Waals surface area contributed by atoms with Gasteiger partial charge in [0.2, 0.25) is 12.7 Å². The van der Waals surface area contributed by atoms with E-state index in [1.54, 1.807) is 27.7 Å². The van der Waals surface area contributed by atoms with Crippen molar-refractivity contribution in [2.45, 2.75) is 40.0 Å². The number of amides is 1. The topological polar surface area (TPSA) is 99.2 Å². The van der Waals surface area contributed by atoms with E-state index in [1.807, 2.05) is 0 Å². The summed E-state index contributed by atoms with van der Waals surface area (Å²) in [5.41, 5.74) is 0.174. The van der Waals surface area contributed by atoms with Crippen molar-refractivity contribution in [1.29, 1.82) is 0 Å². The molecule has 0 bridgehead atoms. The molecule has 1 fully saturated rings. The predicted molar refractivity (Wildman–Crippen MR) is 92.4 cm³/mol. The fraction of sp³-hybridized carbons (Fsp3) is 0.647. The van der Waals surface area contributed by atoms with Crippen LogP contribution >= 0.6 is 11.8 Å². The Morgan fingerprint density at radius 3 is 2.42 bits per heavy atom. The van der Waals surface area contributed by atoms with E-state index in [4.69, 9.17) is 14.2 Å². The molecule has 0 unspecified atom stereocenters. The van der Waals surface area contributed by atoms with Gasteiger partial charge >= 0.3 is 17.9 Å². The normalized spacial score (nSPS) is 22.3. The predicted octanol–water partition coefficient (Wildman–Crippen LogP) is 1.44. The molecule has 0 spiro atoms. The van der Waals surface area contributed by atoms with E-state index < -0.39 is 36.0 Å². The minimum absolute atomic E-state index is 0.00704. The third kappa shape index (κ3) is 4.20. The minimum atomic E-state index is -0.714. The van der Waals surface area contributed by atoms with Gasteiger partial charge in [-0.05, 0) is 33.3 Å². The molecule has 8 nitrogen and oxygen atoms in total. The number of esters is 3. The Balaban J connectivity index is 1.98. The Bertz CT molecular complexity index is 665. The molecule has 9 heteroatoms. The van der Waals surface area contributed by atoms with E-state index in [9.17, 15) is 19.2 Å². The van der Waals surface area contributed by atoms with Gasteiger partial charge in [-0.3, -0.25) is 19.3 Å². The van der Waals surface area contributed by atoms with Crippen LogP contribution in [0.5, 0.6) is 0 Å². The number of β-lactam (4-membered cyclic amide) rings is 1. The number of carbonyl (C=O) groups is 4. The molecule has 2 aliphatic rings. The molecule has 2 heterocycles. The fourth-order valence-corrected chi connectivity index (χ4v) is 3.83. The Labute approximate surface area is 156 Å². The van der Waals surface area contributed by atoms with Gasteiger partial charge in [-0.1, -0.05) is 0 Å². The smallest absolute Gasteiger partial charge is 0.357 e. The lowest BCUT2D eigenvalue weighted by molar-refractivity contribution is -0.174. The number of rotatable bonds is 5. The first-order chi connectivity index (χ1) is 12.0. The summed E-state index contributed by atoms with van der Waals surface area (Å²) in [5, 5.41) is -0.273. The average Bonchev–Trinajstić information content (AvgIpc) is 2.53. The molecule has 1 saturated heterocycles. The van der Waals surface area contributed by atoms with Crippen molar-refractivity contribution in [3.8, 4) is 0 Å². The zero-order chi connectivity index (χ0) is 19.6. The highest BCUT2D eigenvalue weighted by Crippen LogP contribution is 2.43. The summed E-state index contributed by atoms with van der Waals surface area (Å²) < 4.78 is 14.9. The highest BCUT2D eigenvalue weighted by atomic mass is 32.2. The molecule has 26 heavy (non-hydrogen) atoms. The first kappa shape index (κ1) is 20.3. The van der Waals surface area contributed by atoms with Gasteiger partial charge in [-0.15, -0.1) is 11.8 Å². The molecule has 0 aromatic rings. The molecule has 0 aromatic heterocycles.